The number of carbonyl (C=O) groups is 3. The number of fused-ring (bicyclic) bond motifs is 1. The third-order valence-corrected chi connectivity index (χ3v) is 5.34. The number of esters is 1. The van der Waals surface area contributed by atoms with Gasteiger partial charge in [-0.3, -0.25) is 9.36 Å². The van der Waals surface area contributed by atoms with Gasteiger partial charge in [-0.15, -0.1) is 25.6 Å². The SMILES string of the molecule is Cl.NC(C(=O)OCc1ccccc1)C(=O)n1cc(NC(=O)Nc2ccc(OC(F)(F)F)cc2)c2cc(F)ccc21. The van der Waals surface area contributed by atoms with E-state index in [2.05, 4.69) is 15.4 Å². The summed E-state index contributed by atoms with van der Waals surface area (Å²) in [6.07, 6.45) is -3.70. The predicted molar refractivity (Wildman–Crippen MR) is 140 cm³/mol. The lowest BCUT2D eigenvalue weighted by Crippen LogP contribution is -2.42. The van der Waals surface area contributed by atoms with Gasteiger partial charge in [-0.1, -0.05) is 30.3 Å². The van der Waals surface area contributed by atoms with E-state index in [-0.39, 0.29) is 41.3 Å². The first kappa shape index (κ1) is 29.9. The summed E-state index contributed by atoms with van der Waals surface area (Å²) in [6.45, 7) is -0.103. The lowest BCUT2D eigenvalue weighted by Gasteiger charge is -2.12. The molecule has 40 heavy (non-hydrogen) atoms. The number of carbonyl (C=O) groups excluding carboxylic acids is 3. The highest BCUT2D eigenvalue weighted by Gasteiger charge is 2.31. The molecule has 4 N–H and O–H groups in total. The fourth-order valence-corrected chi connectivity index (χ4v) is 3.58. The summed E-state index contributed by atoms with van der Waals surface area (Å²) in [5.41, 5.74) is 6.80. The van der Waals surface area contributed by atoms with Crippen LogP contribution in [0.2, 0.25) is 0 Å². The molecule has 3 aromatic carbocycles. The van der Waals surface area contributed by atoms with Crippen molar-refractivity contribution in [3.63, 3.8) is 0 Å². The Morgan fingerprint density at radius 2 is 1.62 bits per heavy atom. The van der Waals surface area contributed by atoms with Crippen molar-refractivity contribution in [2.24, 2.45) is 5.73 Å². The summed E-state index contributed by atoms with van der Waals surface area (Å²) in [6, 6.07) is 14.0. The third kappa shape index (κ3) is 7.48. The van der Waals surface area contributed by atoms with Gasteiger partial charge in [-0.05, 0) is 48.0 Å². The van der Waals surface area contributed by atoms with Gasteiger partial charge in [0.2, 0.25) is 0 Å². The van der Waals surface area contributed by atoms with Crippen LogP contribution in [0.3, 0.4) is 0 Å². The van der Waals surface area contributed by atoms with Crippen LogP contribution in [-0.2, 0) is 16.1 Å². The smallest absolute Gasteiger partial charge is 0.459 e. The third-order valence-electron chi connectivity index (χ3n) is 5.34. The van der Waals surface area contributed by atoms with Crippen molar-refractivity contribution < 1.29 is 41.4 Å². The summed E-state index contributed by atoms with van der Waals surface area (Å²) in [5.74, 6) is -3.02. The molecular weight excluding hydrogens is 560 g/mol. The van der Waals surface area contributed by atoms with Crippen molar-refractivity contribution in [2.75, 3.05) is 10.6 Å². The number of alkyl halides is 3. The molecule has 1 aromatic heterocycles. The second-order valence-corrected chi connectivity index (χ2v) is 8.13. The maximum Gasteiger partial charge on any atom is 0.573 e. The molecule has 1 heterocycles. The van der Waals surface area contributed by atoms with Gasteiger partial charge in [-0.25, -0.2) is 14.0 Å². The molecular formula is C26H21ClF4N4O5. The number of nitrogens with one attached hydrogen (secondary N) is 2. The van der Waals surface area contributed by atoms with Gasteiger partial charge in [0.25, 0.3) is 5.91 Å². The average molecular weight is 581 g/mol. The number of anilines is 2. The van der Waals surface area contributed by atoms with Crippen molar-refractivity contribution in [3.05, 3.63) is 90.4 Å². The van der Waals surface area contributed by atoms with E-state index in [1.54, 1.807) is 30.3 Å². The molecule has 4 rings (SSSR count). The van der Waals surface area contributed by atoms with Crippen LogP contribution in [0.15, 0.2) is 79.0 Å². The summed E-state index contributed by atoms with van der Waals surface area (Å²) in [5, 5.41) is 4.97. The van der Waals surface area contributed by atoms with E-state index in [4.69, 9.17) is 10.5 Å². The molecule has 0 saturated heterocycles. The van der Waals surface area contributed by atoms with Crippen LogP contribution in [0.5, 0.6) is 5.75 Å². The highest BCUT2D eigenvalue weighted by Crippen LogP contribution is 2.28. The fourth-order valence-electron chi connectivity index (χ4n) is 3.58. The maximum absolute atomic E-state index is 14.0. The minimum Gasteiger partial charge on any atom is -0.459 e. The quantitative estimate of drug-likeness (QED) is 0.152. The molecule has 210 valence electrons. The van der Waals surface area contributed by atoms with E-state index >= 15 is 0 Å². The van der Waals surface area contributed by atoms with Crippen LogP contribution >= 0.6 is 12.4 Å². The number of halogens is 5. The molecule has 0 radical (unpaired) electrons. The van der Waals surface area contributed by atoms with Crippen LogP contribution < -0.4 is 21.1 Å². The molecule has 0 aliphatic heterocycles. The van der Waals surface area contributed by atoms with Gasteiger partial charge in [0, 0.05) is 17.3 Å². The molecule has 0 aliphatic rings. The fraction of sp³-hybridized carbons (Fsp3) is 0.115. The molecule has 14 heteroatoms. The van der Waals surface area contributed by atoms with Gasteiger partial charge in [0.15, 0.2) is 6.04 Å². The Balaban J connectivity index is 0.00000441. The van der Waals surface area contributed by atoms with Crippen molar-refractivity contribution in [2.45, 2.75) is 19.0 Å². The minimum atomic E-state index is -4.87. The summed E-state index contributed by atoms with van der Waals surface area (Å²) >= 11 is 0. The van der Waals surface area contributed by atoms with Crippen LogP contribution in [0.4, 0.5) is 33.7 Å². The van der Waals surface area contributed by atoms with Crippen molar-refractivity contribution >= 4 is 52.6 Å². The number of rotatable bonds is 7. The van der Waals surface area contributed by atoms with E-state index < -0.39 is 41.9 Å². The average Bonchev–Trinajstić information content (AvgIpc) is 3.24. The lowest BCUT2D eigenvalue weighted by molar-refractivity contribution is -0.274. The number of aromatic nitrogens is 1. The second-order valence-electron chi connectivity index (χ2n) is 8.13. The maximum atomic E-state index is 14.0. The first-order valence-corrected chi connectivity index (χ1v) is 11.2. The Bertz CT molecular complexity index is 1510. The Kier molecular flexibility index (Phi) is 9.35. The largest absolute Gasteiger partial charge is 0.573 e. The van der Waals surface area contributed by atoms with Gasteiger partial charge >= 0.3 is 18.4 Å². The number of urea groups is 1. The number of nitrogens with two attached hydrogens (primary N) is 1. The number of nitrogens with zero attached hydrogens (tertiary/aromatic N) is 1. The number of hydrogen-bond acceptors (Lipinski definition) is 6. The monoisotopic (exact) mass is 580 g/mol. The molecule has 0 aliphatic carbocycles. The zero-order valence-electron chi connectivity index (χ0n) is 20.3. The molecule has 0 spiro atoms. The Morgan fingerprint density at radius 3 is 2.27 bits per heavy atom. The van der Waals surface area contributed by atoms with Crippen molar-refractivity contribution in [1.29, 1.82) is 0 Å². The number of benzene rings is 3. The molecule has 0 saturated carbocycles. The molecule has 2 amide bonds. The standard InChI is InChI=1S/C26H20F4N4O5.ClH/c27-16-6-11-21-19(12-16)20(33-25(37)32-17-7-9-18(10-8-17)39-26(28,29)30)13-34(21)23(35)22(31)24(36)38-14-15-4-2-1-3-5-15;/h1-13,22H,14,31H2,(H2,32,33,37);1H. The normalized spacial score (nSPS) is 11.7. The Hall–Kier alpha value is -4.62. The summed E-state index contributed by atoms with van der Waals surface area (Å²) in [4.78, 5) is 38.0. The zero-order valence-corrected chi connectivity index (χ0v) is 21.1. The molecule has 4 aromatic rings. The second kappa shape index (κ2) is 12.5. The van der Waals surface area contributed by atoms with E-state index in [0.717, 1.165) is 35.0 Å². The molecule has 9 nitrogen and oxygen atoms in total. The van der Waals surface area contributed by atoms with Gasteiger partial charge < -0.3 is 25.8 Å². The van der Waals surface area contributed by atoms with Crippen molar-refractivity contribution in [3.8, 4) is 5.75 Å². The zero-order chi connectivity index (χ0) is 28.2. The summed E-state index contributed by atoms with van der Waals surface area (Å²) < 4.78 is 60.9. The highest BCUT2D eigenvalue weighted by atomic mass is 35.5. The van der Waals surface area contributed by atoms with Crippen LogP contribution in [0, 0.1) is 5.82 Å². The van der Waals surface area contributed by atoms with Gasteiger partial charge in [-0.2, -0.15) is 0 Å². The lowest BCUT2D eigenvalue weighted by atomic mass is 10.2. The van der Waals surface area contributed by atoms with E-state index in [9.17, 15) is 31.9 Å². The van der Waals surface area contributed by atoms with E-state index in [1.807, 2.05) is 0 Å². The van der Waals surface area contributed by atoms with Gasteiger partial charge in [0.05, 0.1) is 11.2 Å². The van der Waals surface area contributed by atoms with Crippen LogP contribution in [-0.4, -0.2) is 34.9 Å². The number of hydrogen-bond donors (Lipinski definition) is 3. The molecule has 0 bridgehead atoms. The Labute approximate surface area is 230 Å². The minimum absolute atomic E-state index is 0. The molecule has 1 atom stereocenters. The topological polar surface area (TPSA) is 125 Å². The first-order valence-electron chi connectivity index (χ1n) is 11.2. The summed E-state index contributed by atoms with van der Waals surface area (Å²) in [7, 11) is 0. The predicted octanol–water partition coefficient (Wildman–Crippen LogP) is 5.46. The highest BCUT2D eigenvalue weighted by molar-refractivity contribution is 6.11. The number of ether oxygens (including phenoxy) is 2. The van der Waals surface area contributed by atoms with Crippen molar-refractivity contribution in [1.82, 2.24) is 4.57 Å². The van der Waals surface area contributed by atoms with E-state index in [0.29, 0.717) is 5.56 Å². The Morgan fingerprint density at radius 1 is 0.950 bits per heavy atom. The van der Waals surface area contributed by atoms with Crippen LogP contribution in [0.1, 0.15) is 10.4 Å². The number of amides is 2. The van der Waals surface area contributed by atoms with Gasteiger partial charge in [0.1, 0.15) is 18.2 Å². The van der Waals surface area contributed by atoms with E-state index in [1.165, 1.54) is 18.2 Å². The first-order chi connectivity index (χ1) is 18.5. The molecule has 1 unspecified atom stereocenters. The molecule has 0 fully saturated rings. The van der Waals surface area contributed by atoms with Crippen LogP contribution in [0.25, 0.3) is 10.9 Å².